The van der Waals surface area contributed by atoms with Gasteiger partial charge in [0.05, 0.1) is 7.11 Å². The van der Waals surface area contributed by atoms with Crippen molar-refractivity contribution in [2.75, 3.05) is 7.11 Å². The number of rotatable bonds is 0. The Balaban J connectivity index is 0. The Morgan fingerprint density at radius 1 is 1.83 bits per heavy atom. The van der Waals surface area contributed by atoms with Crippen molar-refractivity contribution in [1.29, 1.82) is 0 Å². The first-order valence-electron chi connectivity index (χ1n) is 1.17. The third kappa shape index (κ3) is 8.88. The van der Waals surface area contributed by atoms with Gasteiger partial charge in [0.2, 0.25) is 0 Å². The molecule has 0 aromatic rings. The molecule has 2 nitrogen and oxygen atoms in total. The maximum absolute atomic E-state index is 9.48. The van der Waals surface area contributed by atoms with Crippen LogP contribution in [0.1, 0.15) is 0 Å². The fraction of sp³-hybridized carbons (Fsp3) is 0.333. The molecule has 0 atom stereocenters. The monoisotopic (exact) mass is 112 g/mol. The van der Waals surface area contributed by atoms with Gasteiger partial charge in [0.25, 0.3) is 0 Å². The summed E-state index contributed by atoms with van der Waals surface area (Å²) < 4.78 is 4.00. The number of carbonyl (C=O) groups excluding carboxylic acids is 1. The van der Waals surface area contributed by atoms with Crippen LogP contribution in [0, 0.1) is 6.92 Å². The maximum Gasteiger partial charge on any atom is 1.00 e. The number of hydrogen-bond donors (Lipinski definition) is 0. The molecule has 0 saturated heterocycles. The molecule has 0 unspecified atom stereocenters. The molecule has 0 radical (unpaired) electrons. The molecule has 0 spiro atoms. The van der Waals surface area contributed by atoms with Gasteiger partial charge in [0.15, 0.2) is 5.97 Å². The second kappa shape index (κ2) is 5.98. The van der Waals surface area contributed by atoms with E-state index in [2.05, 4.69) is 11.7 Å². The molecule has 3 heteroatoms. The molecule has 0 aromatic carbocycles. The van der Waals surface area contributed by atoms with E-state index in [4.69, 9.17) is 0 Å². The summed E-state index contributed by atoms with van der Waals surface area (Å²) in [6.07, 6.45) is 0. The molecular formula is C3H5KO2. The molecule has 0 fully saturated rings. The molecule has 30 valence electrons. The zero-order valence-corrected chi connectivity index (χ0v) is 7.15. The number of esters is 1. The molecule has 0 saturated carbocycles. The van der Waals surface area contributed by atoms with Gasteiger partial charge < -0.3 is 4.74 Å². The van der Waals surface area contributed by atoms with Crippen LogP contribution in [0.15, 0.2) is 0 Å². The van der Waals surface area contributed by atoms with Crippen molar-refractivity contribution in [3.8, 4) is 0 Å². The summed E-state index contributed by atoms with van der Waals surface area (Å²) in [6.45, 7) is 2.90. The van der Waals surface area contributed by atoms with Crippen LogP contribution in [0.3, 0.4) is 0 Å². The van der Waals surface area contributed by atoms with E-state index in [-0.39, 0.29) is 51.4 Å². The van der Waals surface area contributed by atoms with E-state index < -0.39 is 5.97 Å². The van der Waals surface area contributed by atoms with Crippen LogP contribution in [0.25, 0.3) is 0 Å². The van der Waals surface area contributed by atoms with Crippen LogP contribution in [-0.2, 0) is 9.53 Å². The Morgan fingerprint density at radius 3 is 2.00 bits per heavy atom. The third-order valence-electron chi connectivity index (χ3n) is 0.228. The van der Waals surface area contributed by atoms with Crippen molar-refractivity contribution >= 4 is 5.97 Å². The molecule has 0 aliphatic heterocycles. The van der Waals surface area contributed by atoms with Gasteiger partial charge >= 0.3 is 51.4 Å². The van der Waals surface area contributed by atoms with Gasteiger partial charge in [-0.25, -0.2) is 0 Å². The second-order valence-corrected chi connectivity index (χ2v) is 0.576. The fourth-order valence-electron chi connectivity index (χ4n) is 0. The molecule has 0 aromatic heterocycles. The van der Waals surface area contributed by atoms with Gasteiger partial charge in [0.1, 0.15) is 0 Å². The average molecular weight is 112 g/mol. The van der Waals surface area contributed by atoms with Gasteiger partial charge in [-0.2, -0.15) is 0 Å². The van der Waals surface area contributed by atoms with E-state index in [0.717, 1.165) is 0 Å². The summed E-state index contributed by atoms with van der Waals surface area (Å²) in [6, 6.07) is 0. The first-order chi connectivity index (χ1) is 2.27. The van der Waals surface area contributed by atoms with E-state index in [1.165, 1.54) is 7.11 Å². The Bertz CT molecular complexity index is 44.1. The minimum absolute atomic E-state index is 0. The maximum atomic E-state index is 9.48. The molecule has 0 amide bonds. The number of methoxy groups -OCH3 is 1. The summed E-state index contributed by atoms with van der Waals surface area (Å²) in [5, 5.41) is 0. The quantitative estimate of drug-likeness (QED) is 0.190. The Labute approximate surface area is 79.7 Å². The van der Waals surface area contributed by atoms with E-state index in [0.29, 0.717) is 0 Å². The van der Waals surface area contributed by atoms with Crippen molar-refractivity contribution in [3.05, 3.63) is 6.92 Å². The predicted octanol–water partition coefficient (Wildman–Crippen LogP) is -3.00. The molecule has 0 N–H and O–H groups in total. The smallest absolute Gasteiger partial charge is 0.492 e. The number of carbonyl (C=O) groups is 1. The summed E-state index contributed by atoms with van der Waals surface area (Å²) >= 11 is 0. The molecular weight excluding hydrogens is 107 g/mol. The van der Waals surface area contributed by atoms with Crippen LogP contribution in [0.2, 0.25) is 0 Å². The molecule has 0 heterocycles. The van der Waals surface area contributed by atoms with Crippen molar-refractivity contribution < 1.29 is 60.9 Å². The fourth-order valence-corrected chi connectivity index (χ4v) is 0. The average Bonchev–Trinajstić information content (AvgIpc) is 1.38. The zero-order valence-electron chi connectivity index (χ0n) is 4.02. The Kier molecular flexibility index (Phi) is 10.0. The van der Waals surface area contributed by atoms with Gasteiger partial charge in [-0.05, 0) is 0 Å². The van der Waals surface area contributed by atoms with Crippen molar-refractivity contribution in [1.82, 2.24) is 0 Å². The van der Waals surface area contributed by atoms with Crippen LogP contribution in [-0.4, -0.2) is 13.1 Å². The summed E-state index contributed by atoms with van der Waals surface area (Å²) in [5.41, 5.74) is 0. The van der Waals surface area contributed by atoms with Gasteiger partial charge in [-0.15, -0.1) is 0 Å². The second-order valence-electron chi connectivity index (χ2n) is 0.576. The standard InChI is InChI=1S/C3H5O2.K/c1-3(4)5-2;/h1H2,2H3;/q-1;+1. The van der Waals surface area contributed by atoms with Crippen LogP contribution in [0.5, 0.6) is 0 Å². The van der Waals surface area contributed by atoms with Gasteiger partial charge in [-0.3, -0.25) is 11.7 Å². The van der Waals surface area contributed by atoms with Crippen LogP contribution >= 0.6 is 0 Å². The van der Waals surface area contributed by atoms with E-state index >= 15 is 0 Å². The van der Waals surface area contributed by atoms with Crippen molar-refractivity contribution in [2.45, 2.75) is 0 Å². The predicted molar refractivity (Wildman–Crippen MR) is 17.4 cm³/mol. The largest absolute Gasteiger partial charge is 1.00 e. The van der Waals surface area contributed by atoms with Crippen molar-refractivity contribution in [2.24, 2.45) is 0 Å². The Morgan fingerprint density at radius 2 is 2.00 bits per heavy atom. The first kappa shape index (κ1) is 10.1. The molecule has 0 rings (SSSR count). The van der Waals surface area contributed by atoms with E-state index in [1.807, 2.05) is 0 Å². The minimum atomic E-state index is -0.495. The third-order valence-corrected chi connectivity index (χ3v) is 0.228. The van der Waals surface area contributed by atoms with E-state index in [1.54, 1.807) is 0 Å². The molecule has 0 aliphatic rings. The molecule has 0 aliphatic carbocycles. The number of hydrogen-bond acceptors (Lipinski definition) is 2. The van der Waals surface area contributed by atoms with Crippen molar-refractivity contribution in [3.63, 3.8) is 0 Å². The molecule has 6 heavy (non-hydrogen) atoms. The van der Waals surface area contributed by atoms with Gasteiger partial charge in [-0.1, -0.05) is 0 Å². The zero-order chi connectivity index (χ0) is 4.28. The first-order valence-corrected chi connectivity index (χ1v) is 1.17. The number of ether oxygens (including phenoxy) is 1. The summed E-state index contributed by atoms with van der Waals surface area (Å²) in [4.78, 5) is 9.48. The topological polar surface area (TPSA) is 26.3 Å². The van der Waals surface area contributed by atoms with Crippen LogP contribution in [0.4, 0.5) is 0 Å². The molecule has 0 bridgehead atoms. The minimum Gasteiger partial charge on any atom is -0.492 e. The SMILES string of the molecule is [CH2-]C(=O)OC.[K+]. The van der Waals surface area contributed by atoms with E-state index in [9.17, 15) is 4.79 Å². The summed E-state index contributed by atoms with van der Waals surface area (Å²) in [7, 11) is 1.29. The van der Waals surface area contributed by atoms with Gasteiger partial charge in [0, 0.05) is 0 Å². The summed E-state index contributed by atoms with van der Waals surface area (Å²) in [5.74, 6) is -0.495. The normalized spacial score (nSPS) is 5.50. The van der Waals surface area contributed by atoms with Crippen LogP contribution < -0.4 is 51.4 Å². The Hall–Kier alpha value is 0.976.